The Morgan fingerprint density at radius 2 is 2.00 bits per heavy atom. The molecule has 0 aromatic heterocycles. The fraction of sp³-hybridized carbons (Fsp3) is 0.308. The van der Waals surface area contributed by atoms with Gasteiger partial charge in [0.05, 0.1) is 24.1 Å². The number of anilines is 1. The molecule has 5 nitrogen and oxygen atoms in total. The largest absolute Gasteiger partial charge is 0.334 e. The van der Waals surface area contributed by atoms with Crippen molar-refractivity contribution in [3.63, 3.8) is 0 Å². The SMILES string of the molecule is CCC(CC#N)NC(=O)Nc1ccc(C#N)cc1. The van der Waals surface area contributed by atoms with Crippen LogP contribution in [0.25, 0.3) is 0 Å². The molecule has 0 aliphatic rings. The van der Waals surface area contributed by atoms with Gasteiger partial charge in [-0.3, -0.25) is 0 Å². The van der Waals surface area contributed by atoms with E-state index in [2.05, 4.69) is 10.6 Å². The Labute approximate surface area is 106 Å². The van der Waals surface area contributed by atoms with E-state index in [9.17, 15) is 4.79 Å². The van der Waals surface area contributed by atoms with Crippen molar-refractivity contribution in [2.45, 2.75) is 25.8 Å². The van der Waals surface area contributed by atoms with Crippen molar-refractivity contribution in [2.75, 3.05) is 5.32 Å². The van der Waals surface area contributed by atoms with Gasteiger partial charge in [0.2, 0.25) is 0 Å². The number of amides is 2. The maximum absolute atomic E-state index is 11.6. The maximum Gasteiger partial charge on any atom is 0.319 e. The third-order valence-electron chi connectivity index (χ3n) is 2.44. The molecule has 1 aromatic carbocycles. The van der Waals surface area contributed by atoms with Crippen molar-refractivity contribution in [3.05, 3.63) is 29.8 Å². The molecular formula is C13H14N4O. The first-order valence-electron chi connectivity index (χ1n) is 5.64. The Kier molecular flexibility index (Phi) is 5.21. The molecular weight excluding hydrogens is 228 g/mol. The van der Waals surface area contributed by atoms with Crippen LogP contribution < -0.4 is 10.6 Å². The number of rotatable bonds is 4. The molecule has 0 saturated heterocycles. The van der Waals surface area contributed by atoms with Gasteiger partial charge in [-0.1, -0.05) is 6.92 Å². The van der Waals surface area contributed by atoms with Crippen molar-refractivity contribution in [1.29, 1.82) is 10.5 Å². The van der Waals surface area contributed by atoms with Crippen LogP contribution in [-0.4, -0.2) is 12.1 Å². The van der Waals surface area contributed by atoms with E-state index in [-0.39, 0.29) is 18.5 Å². The van der Waals surface area contributed by atoms with E-state index in [0.717, 1.165) is 0 Å². The summed E-state index contributed by atoms with van der Waals surface area (Å²) in [6.07, 6.45) is 0.992. The molecule has 1 unspecified atom stereocenters. The highest BCUT2D eigenvalue weighted by Gasteiger charge is 2.09. The van der Waals surface area contributed by atoms with E-state index in [1.807, 2.05) is 19.1 Å². The normalized spacial score (nSPS) is 10.8. The molecule has 0 aliphatic carbocycles. The summed E-state index contributed by atoms with van der Waals surface area (Å²) in [5.74, 6) is 0. The molecule has 0 aliphatic heterocycles. The van der Waals surface area contributed by atoms with Crippen molar-refractivity contribution in [2.24, 2.45) is 0 Å². The molecule has 0 saturated carbocycles. The minimum Gasteiger partial charge on any atom is -0.334 e. The second kappa shape index (κ2) is 6.93. The molecule has 1 rings (SSSR count). The lowest BCUT2D eigenvalue weighted by atomic mass is 10.2. The van der Waals surface area contributed by atoms with Crippen molar-refractivity contribution >= 4 is 11.7 Å². The number of hydrogen-bond donors (Lipinski definition) is 2. The summed E-state index contributed by atoms with van der Waals surface area (Å²) in [6, 6.07) is 10.1. The average molecular weight is 242 g/mol. The number of hydrogen-bond acceptors (Lipinski definition) is 3. The molecule has 0 radical (unpaired) electrons. The van der Waals surface area contributed by atoms with Gasteiger partial charge < -0.3 is 10.6 Å². The molecule has 5 heteroatoms. The summed E-state index contributed by atoms with van der Waals surface area (Å²) in [7, 11) is 0. The molecule has 0 spiro atoms. The molecule has 0 fully saturated rings. The van der Waals surface area contributed by atoms with Gasteiger partial charge in [-0.15, -0.1) is 0 Å². The number of nitrogens with one attached hydrogen (secondary N) is 2. The van der Waals surface area contributed by atoms with Gasteiger partial charge in [0.25, 0.3) is 0 Å². The highest BCUT2D eigenvalue weighted by Crippen LogP contribution is 2.08. The fourth-order valence-electron chi connectivity index (χ4n) is 1.39. The summed E-state index contributed by atoms with van der Waals surface area (Å²) in [5.41, 5.74) is 1.15. The summed E-state index contributed by atoms with van der Waals surface area (Å²) in [6.45, 7) is 1.91. The highest BCUT2D eigenvalue weighted by molar-refractivity contribution is 5.89. The van der Waals surface area contributed by atoms with Gasteiger partial charge in [0.15, 0.2) is 0 Å². The first-order valence-corrected chi connectivity index (χ1v) is 5.64. The highest BCUT2D eigenvalue weighted by atomic mass is 16.2. The van der Waals surface area contributed by atoms with E-state index >= 15 is 0 Å². The minimum atomic E-state index is -0.346. The quantitative estimate of drug-likeness (QED) is 0.849. The number of carbonyl (C=O) groups excluding carboxylic acids is 1. The van der Waals surface area contributed by atoms with Crippen molar-refractivity contribution < 1.29 is 4.79 Å². The van der Waals surface area contributed by atoms with Crippen LogP contribution in [0.15, 0.2) is 24.3 Å². The molecule has 0 bridgehead atoms. The van der Waals surface area contributed by atoms with Crippen LogP contribution in [0.2, 0.25) is 0 Å². The zero-order chi connectivity index (χ0) is 13.4. The van der Waals surface area contributed by atoms with Gasteiger partial charge >= 0.3 is 6.03 Å². The van der Waals surface area contributed by atoms with Gasteiger partial charge in [0, 0.05) is 11.7 Å². The number of benzene rings is 1. The van der Waals surface area contributed by atoms with E-state index in [4.69, 9.17) is 10.5 Å². The number of nitriles is 2. The standard InChI is InChI=1S/C13H14N4O/c1-2-11(7-8-14)16-13(18)17-12-5-3-10(9-15)4-6-12/h3-6,11H,2,7H2,1H3,(H2,16,17,18). The number of urea groups is 1. The zero-order valence-electron chi connectivity index (χ0n) is 10.1. The van der Waals surface area contributed by atoms with Crippen LogP contribution in [-0.2, 0) is 0 Å². The van der Waals surface area contributed by atoms with Crippen LogP contribution in [0, 0.1) is 22.7 Å². The summed E-state index contributed by atoms with van der Waals surface area (Å²) in [5, 5.41) is 22.6. The van der Waals surface area contributed by atoms with Crippen LogP contribution >= 0.6 is 0 Å². The summed E-state index contributed by atoms with van der Waals surface area (Å²) < 4.78 is 0. The summed E-state index contributed by atoms with van der Waals surface area (Å²) >= 11 is 0. The second-order valence-corrected chi connectivity index (χ2v) is 3.76. The minimum absolute atomic E-state index is 0.145. The van der Waals surface area contributed by atoms with E-state index in [1.165, 1.54) is 0 Å². The van der Waals surface area contributed by atoms with Crippen molar-refractivity contribution in [1.82, 2.24) is 5.32 Å². The van der Waals surface area contributed by atoms with E-state index < -0.39 is 0 Å². The van der Waals surface area contributed by atoms with Crippen LogP contribution in [0.1, 0.15) is 25.3 Å². The third-order valence-corrected chi connectivity index (χ3v) is 2.44. The Hall–Kier alpha value is -2.53. The molecule has 18 heavy (non-hydrogen) atoms. The lowest BCUT2D eigenvalue weighted by Crippen LogP contribution is -2.37. The molecule has 0 heterocycles. The average Bonchev–Trinajstić information content (AvgIpc) is 2.39. The molecule has 2 N–H and O–H groups in total. The fourth-order valence-corrected chi connectivity index (χ4v) is 1.39. The van der Waals surface area contributed by atoms with Gasteiger partial charge in [-0.2, -0.15) is 10.5 Å². The van der Waals surface area contributed by atoms with Crippen LogP contribution in [0.4, 0.5) is 10.5 Å². The molecule has 2 amide bonds. The number of nitrogens with zero attached hydrogens (tertiary/aromatic N) is 2. The monoisotopic (exact) mass is 242 g/mol. The topological polar surface area (TPSA) is 88.7 Å². The first kappa shape index (κ1) is 13.5. The van der Waals surface area contributed by atoms with E-state index in [0.29, 0.717) is 17.7 Å². The Morgan fingerprint density at radius 3 is 2.50 bits per heavy atom. The van der Waals surface area contributed by atoms with Gasteiger partial charge in [-0.25, -0.2) is 4.79 Å². The lowest BCUT2D eigenvalue weighted by Gasteiger charge is -2.14. The van der Waals surface area contributed by atoms with Crippen LogP contribution in [0.5, 0.6) is 0 Å². The molecule has 1 aromatic rings. The third kappa shape index (κ3) is 4.15. The Bertz CT molecular complexity index is 481. The lowest BCUT2D eigenvalue weighted by molar-refractivity contribution is 0.248. The van der Waals surface area contributed by atoms with Gasteiger partial charge in [0.1, 0.15) is 0 Å². The molecule has 1 atom stereocenters. The number of carbonyl (C=O) groups is 1. The zero-order valence-corrected chi connectivity index (χ0v) is 10.1. The smallest absolute Gasteiger partial charge is 0.319 e. The van der Waals surface area contributed by atoms with E-state index in [1.54, 1.807) is 24.3 Å². The maximum atomic E-state index is 11.6. The first-order chi connectivity index (χ1) is 8.69. The second-order valence-electron chi connectivity index (χ2n) is 3.76. The Balaban J connectivity index is 2.54. The summed E-state index contributed by atoms with van der Waals surface area (Å²) in [4.78, 5) is 11.6. The van der Waals surface area contributed by atoms with Crippen molar-refractivity contribution in [3.8, 4) is 12.1 Å². The van der Waals surface area contributed by atoms with Gasteiger partial charge in [-0.05, 0) is 30.7 Å². The molecule has 92 valence electrons. The predicted molar refractivity (Wildman–Crippen MR) is 67.6 cm³/mol. The predicted octanol–water partition coefficient (Wildman–Crippen LogP) is 2.37. The Morgan fingerprint density at radius 1 is 1.33 bits per heavy atom. The van der Waals surface area contributed by atoms with Crippen LogP contribution in [0.3, 0.4) is 0 Å².